The minimum absolute atomic E-state index is 0.182. The van der Waals surface area contributed by atoms with E-state index in [1.54, 1.807) is 6.33 Å². The summed E-state index contributed by atoms with van der Waals surface area (Å²) in [4.78, 5) is 29.1. The van der Waals surface area contributed by atoms with E-state index in [-0.39, 0.29) is 17.7 Å². The van der Waals surface area contributed by atoms with Gasteiger partial charge in [-0.25, -0.2) is 9.97 Å². The van der Waals surface area contributed by atoms with E-state index in [4.69, 9.17) is 0 Å². The zero-order valence-corrected chi connectivity index (χ0v) is 21.5. The van der Waals surface area contributed by atoms with Gasteiger partial charge in [0, 0.05) is 48.8 Å². The molecule has 4 rings (SSSR count). The molecule has 2 aliphatic rings. The number of nitrogens with zero attached hydrogens (tertiary/aromatic N) is 5. The molecule has 33 heavy (non-hydrogen) atoms. The Labute approximate surface area is 204 Å². The van der Waals surface area contributed by atoms with E-state index >= 15 is 0 Å². The Morgan fingerprint density at radius 2 is 1.85 bits per heavy atom. The van der Waals surface area contributed by atoms with Gasteiger partial charge in [0.1, 0.15) is 12.1 Å². The number of piperazine rings is 1. The first kappa shape index (κ1) is 24.1. The predicted octanol–water partition coefficient (Wildman–Crippen LogP) is 3.55. The molecule has 0 saturated carbocycles. The molecule has 1 aromatic carbocycles. The second-order valence-electron chi connectivity index (χ2n) is 9.60. The van der Waals surface area contributed by atoms with Crippen LogP contribution in [0.1, 0.15) is 62.0 Å². The summed E-state index contributed by atoms with van der Waals surface area (Å²) in [6.07, 6.45) is 1.74. The molecule has 2 heterocycles. The molecule has 3 atom stereocenters. The maximum Gasteiger partial charge on any atom is 0.231 e. The zero-order valence-electron chi connectivity index (χ0n) is 19.9. The van der Waals surface area contributed by atoms with Crippen molar-refractivity contribution in [1.29, 1.82) is 0 Å². The number of benzene rings is 1. The van der Waals surface area contributed by atoms with Gasteiger partial charge in [-0.05, 0) is 50.9 Å². The number of carbonyl (C=O) groups is 1. The van der Waals surface area contributed by atoms with Gasteiger partial charge in [-0.15, -0.1) is 0 Å². The van der Waals surface area contributed by atoms with Crippen molar-refractivity contribution in [3.05, 3.63) is 51.9 Å². The largest absolute Gasteiger partial charge is 0.387 e. The highest BCUT2D eigenvalue weighted by molar-refractivity contribution is 9.10. The highest BCUT2D eigenvalue weighted by atomic mass is 79.9. The number of likely N-dealkylation sites (N-methyl/N-ethyl adjacent to an activating group) is 1. The fourth-order valence-electron chi connectivity index (χ4n) is 4.83. The van der Waals surface area contributed by atoms with Gasteiger partial charge in [0.15, 0.2) is 0 Å². The van der Waals surface area contributed by atoms with E-state index in [1.807, 2.05) is 29.2 Å². The summed E-state index contributed by atoms with van der Waals surface area (Å²) in [6.45, 7) is 9.89. The highest BCUT2D eigenvalue weighted by Crippen LogP contribution is 2.42. The van der Waals surface area contributed by atoms with E-state index in [0.29, 0.717) is 32.1 Å². The molecule has 1 fully saturated rings. The molecule has 1 aliphatic heterocycles. The first-order chi connectivity index (χ1) is 15.8. The van der Waals surface area contributed by atoms with Gasteiger partial charge < -0.3 is 19.8 Å². The van der Waals surface area contributed by atoms with Crippen LogP contribution >= 0.6 is 15.9 Å². The number of hydrogen-bond donors (Lipinski definition) is 1. The molecular formula is C25H34BrN5O2. The maximum absolute atomic E-state index is 13.7. The summed E-state index contributed by atoms with van der Waals surface area (Å²) in [6, 6.07) is 8.48. The first-order valence-electron chi connectivity index (χ1n) is 11.8. The van der Waals surface area contributed by atoms with E-state index in [2.05, 4.69) is 63.5 Å². The Kier molecular flexibility index (Phi) is 7.36. The SMILES string of the molecule is CC(C)N(C)CC(C(=O)N1CCN(c2ncnc3c2[C@H](C)C[C@H]3O)CC1)c1ccc(Br)cc1. The van der Waals surface area contributed by atoms with E-state index in [0.717, 1.165) is 40.2 Å². The number of aliphatic hydroxyl groups excluding tert-OH is 1. The third-order valence-electron chi connectivity index (χ3n) is 7.09. The quantitative estimate of drug-likeness (QED) is 0.634. The molecule has 1 amide bonds. The van der Waals surface area contributed by atoms with Gasteiger partial charge in [-0.1, -0.05) is 35.0 Å². The first-order valence-corrected chi connectivity index (χ1v) is 12.6. The maximum atomic E-state index is 13.7. The molecular weight excluding hydrogens is 482 g/mol. The Morgan fingerprint density at radius 1 is 1.18 bits per heavy atom. The van der Waals surface area contributed by atoms with Crippen LogP contribution < -0.4 is 4.90 Å². The van der Waals surface area contributed by atoms with Gasteiger partial charge in [0.05, 0.1) is 17.7 Å². The van der Waals surface area contributed by atoms with Gasteiger partial charge in [-0.3, -0.25) is 4.79 Å². The fourth-order valence-corrected chi connectivity index (χ4v) is 5.10. The molecule has 7 nitrogen and oxygen atoms in total. The normalized spacial score (nSPS) is 21.6. The number of hydrogen-bond acceptors (Lipinski definition) is 6. The Hall–Kier alpha value is -2.03. The van der Waals surface area contributed by atoms with Crippen LogP contribution in [0.25, 0.3) is 0 Å². The molecule has 0 radical (unpaired) electrons. The molecule has 1 unspecified atom stereocenters. The average molecular weight is 516 g/mol. The van der Waals surface area contributed by atoms with Crippen molar-refractivity contribution in [2.45, 2.75) is 51.2 Å². The Balaban J connectivity index is 1.49. The average Bonchev–Trinajstić information content (AvgIpc) is 3.11. The number of halogens is 1. The molecule has 0 bridgehead atoms. The zero-order chi connectivity index (χ0) is 23.7. The number of aromatic nitrogens is 2. The summed E-state index contributed by atoms with van der Waals surface area (Å²) < 4.78 is 1.01. The lowest BCUT2D eigenvalue weighted by Gasteiger charge is -2.38. The topological polar surface area (TPSA) is 72.8 Å². The van der Waals surface area contributed by atoms with Crippen LogP contribution in [0.3, 0.4) is 0 Å². The van der Waals surface area contributed by atoms with Crippen LogP contribution in [0.15, 0.2) is 35.1 Å². The van der Waals surface area contributed by atoms with Crippen LogP contribution in [0.2, 0.25) is 0 Å². The predicted molar refractivity (Wildman–Crippen MR) is 133 cm³/mol. The van der Waals surface area contributed by atoms with Gasteiger partial charge in [0.25, 0.3) is 0 Å². The lowest BCUT2D eigenvalue weighted by atomic mass is 9.96. The summed E-state index contributed by atoms with van der Waals surface area (Å²) in [5.74, 6) is 1.14. The molecule has 178 valence electrons. The van der Waals surface area contributed by atoms with Gasteiger partial charge >= 0.3 is 0 Å². The van der Waals surface area contributed by atoms with Gasteiger partial charge in [-0.2, -0.15) is 0 Å². The van der Waals surface area contributed by atoms with Crippen molar-refractivity contribution in [2.75, 3.05) is 44.7 Å². The van der Waals surface area contributed by atoms with Crippen molar-refractivity contribution in [2.24, 2.45) is 0 Å². The van der Waals surface area contributed by atoms with Crippen LogP contribution in [-0.4, -0.2) is 76.6 Å². The van der Waals surface area contributed by atoms with Crippen molar-refractivity contribution >= 4 is 27.7 Å². The van der Waals surface area contributed by atoms with Gasteiger partial charge in [0.2, 0.25) is 5.91 Å². The lowest BCUT2D eigenvalue weighted by Crippen LogP contribution is -2.51. The second-order valence-corrected chi connectivity index (χ2v) is 10.5. The Bertz CT molecular complexity index is 975. The molecule has 2 aromatic rings. The molecule has 8 heteroatoms. The molecule has 1 aliphatic carbocycles. The summed E-state index contributed by atoms with van der Waals surface area (Å²) >= 11 is 3.50. The van der Waals surface area contributed by atoms with Crippen molar-refractivity contribution in [3.8, 4) is 0 Å². The van der Waals surface area contributed by atoms with E-state index < -0.39 is 6.10 Å². The monoisotopic (exact) mass is 515 g/mol. The number of carbonyl (C=O) groups excluding carboxylic acids is 1. The third-order valence-corrected chi connectivity index (χ3v) is 7.62. The standard InChI is InChI=1S/C25H34BrN5O2/c1-16(2)29(4)14-20(18-5-7-19(26)8-6-18)25(33)31-11-9-30(10-12-31)24-22-17(3)13-21(32)23(22)27-15-28-24/h5-8,15-17,20-21,32H,9-14H2,1-4H3/t17-,20?,21-/m1/s1. The summed E-state index contributed by atoms with van der Waals surface area (Å²) in [5, 5.41) is 10.3. The third kappa shape index (κ3) is 5.08. The number of anilines is 1. The van der Waals surface area contributed by atoms with Crippen molar-refractivity contribution in [3.63, 3.8) is 0 Å². The number of fused-ring (bicyclic) bond motifs is 1. The molecule has 0 spiro atoms. The Morgan fingerprint density at radius 3 is 2.48 bits per heavy atom. The summed E-state index contributed by atoms with van der Waals surface area (Å²) in [7, 11) is 2.08. The van der Waals surface area contributed by atoms with Crippen LogP contribution in [0.5, 0.6) is 0 Å². The molecule has 1 saturated heterocycles. The van der Waals surface area contributed by atoms with Crippen molar-refractivity contribution < 1.29 is 9.90 Å². The minimum atomic E-state index is -0.510. The fraction of sp³-hybridized carbons (Fsp3) is 0.560. The summed E-state index contributed by atoms with van der Waals surface area (Å²) in [5.41, 5.74) is 2.88. The molecule has 1 aromatic heterocycles. The lowest BCUT2D eigenvalue weighted by molar-refractivity contribution is -0.133. The smallest absolute Gasteiger partial charge is 0.231 e. The van der Waals surface area contributed by atoms with Crippen LogP contribution in [0, 0.1) is 0 Å². The second kappa shape index (κ2) is 10.1. The highest BCUT2D eigenvalue weighted by Gasteiger charge is 2.35. The van der Waals surface area contributed by atoms with Crippen molar-refractivity contribution in [1.82, 2.24) is 19.8 Å². The number of aliphatic hydroxyl groups is 1. The van der Waals surface area contributed by atoms with Crippen LogP contribution in [0.4, 0.5) is 5.82 Å². The number of amides is 1. The number of rotatable bonds is 6. The van der Waals surface area contributed by atoms with Crippen LogP contribution in [-0.2, 0) is 4.79 Å². The minimum Gasteiger partial charge on any atom is -0.387 e. The molecule has 1 N–H and O–H groups in total. The van der Waals surface area contributed by atoms with E-state index in [1.165, 1.54) is 0 Å². The van der Waals surface area contributed by atoms with E-state index in [9.17, 15) is 9.90 Å².